The molecule has 0 saturated heterocycles. The molecule has 1 aromatic rings. The monoisotopic (exact) mass is 198 g/mol. The molecule has 0 radical (unpaired) electrons. The minimum Gasteiger partial charge on any atom is -0.460 e. The molecule has 0 bridgehead atoms. The standard InChI is InChI=1S/C8H14N4O2/c1-5-14-8(13)7-10-9-6(2)12(7)11(3)4/h5H2,1-4H3. The van der Waals surface area contributed by atoms with E-state index in [0.717, 1.165) is 0 Å². The zero-order valence-electron chi connectivity index (χ0n) is 8.81. The van der Waals surface area contributed by atoms with Crippen LogP contribution < -0.4 is 5.01 Å². The summed E-state index contributed by atoms with van der Waals surface area (Å²) in [6.07, 6.45) is 0. The van der Waals surface area contributed by atoms with Crippen LogP contribution in [0.25, 0.3) is 0 Å². The maximum absolute atomic E-state index is 11.4. The lowest BCUT2D eigenvalue weighted by Crippen LogP contribution is -2.30. The van der Waals surface area contributed by atoms with Crippen LogP contribution in [0.3, 0.4) is 0 Å². The maximum Gasteiger partial charge on any atom is 0.378 e. The first-order chi connectivity index (χ1) is 6.57. The fourth-order valence-corrected chi connectivity index (χ4v) is 1.16. The number of carbonyl (C=O) groups is 1. The van der Waals surface area contributed by atoms with Crippen molar-refractivity contribution < 1.29 is 9.53 Å². The van der Waals surface area contributed by atoms with Crippen molar-refractivity contribution in [3.63, 3.8) is 0 Å². The number of ether oxygens (including phenoxy) is 1. The Morgan fingerprint density at radius 1 is 1.50 bits per heavy atom. The van der Waals surface area contributed by atoms with Gasteiger partial charge in [-0.15, -0.1) is 10.2 Å². The molecule has 0 amide bonds. The molecule has 0 atom stereocenters. The predicted octanol–water partition coefficient (Wildman–Crippen LogP) is -0.0392. The van der Waals surface area contributed by atoms with Gasteiger partial charge in [-0.3, -0.25) is 0 Å². The van der Waals surface area contributed by atoms with Crippen molar-refractivity contribution in [3.8, 4) is 0 Å². The second-order valence-electron chi connectivity index (χ2n) is 2.95. The van der Waals surface area contributed by atoms with Gasteiger partial charge in [0.2, 0.25) is 0 Å². The molecule has 0 saturated carbocycles. The number of rotatable bonds is 3. The Kier molecular flexibility index (Phi) is 3.06. The smallest absolute Gasteiger partial charge is 0.378 e. The van der Waals surface area contributed by atoms with E-state index in [9.17, 15) is 4.79 Å². The lowest BCUT2D eigenvalue weighted by Gasteiger charge is -2.16. The van der Waals surface area contributed by atoms with Crippen molar-refractivity contribution in [2.45, 2.75) is 13.8 Å². The van der Waals surface area contributed by atoms with Crippen LogP contribution in [-0.2, 0) is 4.74 Å². The molecule has 14 heavy (non-hydrogen) atoms. The number of esters is 1. The van der Waals surface area contributed by atoms with Gasteiger partial charge in [0.25, 0.3) is 5.82 Å². The molecule has 0 aromatic carbocycles. The van der Waals surface area contributed by atoms with Crippen LogP contribution >= 0.6 is 0 Å². The van der Waals surface area contributed by atoms with Gasteiger partial charge in [0.15, 0.2) is 0 Å². The van der Waals surface area contributed by atoms with E-state index in [0.29, 0.717) is 12.4 Å². The molecule has 0 unspecified atom stereocenters. The van der Waals surface area contributed by atoms with Crippen LogP contribution in [-0.4, -0.2) is 41.5 Å². The molecular weight excluding hydrogens is 184 g/mol. The Morgan fingerprint density at radius 2 is 2.14 bits per heavy atom. The third-order valence-electron chi connectivity index (χ3n) is 1.65. The van der Waals surface area contributed by atoms with Crippen molar-refractivity contribution >= 4 is 5.97 Å². The molecule has 0 N–H and O–H groups in total. The van der Waals surface area contributed by atoms with Gasteiger partial charge in [0.1, 0.15) is 5.82 Å². The van der Waals surface area contributed by atoms with E-state index < -0.39 is 5.97 Å². The molecule has 0 spiro atoms. The van der Waals surface area contributed by atoms with E-state index >= 15 is 0 Å². The predicted molar refractivity (Wildman–Crippen MR) is 50.8 cm³/mol. The van der Waals surface area contributed by atoms with Gasteiger partial charge < -0.3 is 9.75 Å². The fourth-order valence-electron chi connectivity index (χ4n) is 1.16. The minimum absolute atomic E-state index is 0.203. The van der Waals surface area contributed by atoms with Crippen LogP contribution in [0, 0.1) is 6.92 Å². The van der Waals surface area contributed by atoms with Crippen LogP contribution in [0.1, 0.15) is 23.4 Å². The summed E-state index contributed by atoms with van der Waals surface area (Å²) in [6.45, 7) is 3.86. The van der Waals surface area contributed by atoms with Gasteiger partial charge in [-0.25, -0.2) is 9.47 Å². The number of aromatic nitrogens is 3. The van der Waals surface area contributed by atoms with Crippen LogP contribution in [0.4, 0.5) is 0 Å². The summed E-state index contributed by atoms with van der Waals surface area (Å²) < 4.78 is 6.44. The second-order valence-corrected chi connectivity index (χ2v) is 2.95. The fraction of sp³-hybridized carbons (Fsp3) is 0.625. The van der Waals surface area contributed by atoms with Crippen LogP contribution in [0.15, 0.2) is 0 Å². The summed E-state index contributed by atoms with van der Waals surface area (Å²) in [5, 5.41) is 9.29. The van der Waals surface area contributed by atoms with E-state index in [-0.39, 0.29) is 5.82 Å². The molecule has 1 heterocycles. The average Bonchev–Trinajstić information content (AvgIpc) is 2.47. The molecule has 6 heteroatoms. The molecule has 6 nitrogen and oxygen atoms in total. The Labute approximate surface area is 82.5 Å². The molecule has 0 fully saturated rings. The lowest BCUT2D eigenvalue weighted by atomic mass is 10.6. The largest absolute Gasteiger partial charge is 0.460 e. The Bertz CT molecular complexity index is 332. The quantitative estimate of drug-likeness (QED) is 0.638. The summed E-state index contributed by atoms with van der Waals surface area (Å²) in [7, 11) is 3.61. The van der Waals surface area contributed by atoms with Gasteiger partial charge in [-0.2, -0.15) is 0 Å². The Hall–Kier alpha value is -1.59. The molecule has 0 aliphatic carbocycles. The molecule has 78 valence electrons. The maximum atomic E-state index is 11.4. The third kappa shape index (κ3) is 1.84. The Balaban J connectivity index is 3.02. The summed E-state index contributed by atoms with van der Waals surface area (Å²) in [5.41, 5.74) is 0. The van der Waals surface area contributed by atoms with Gasteiger partial charge in [0.05, 0.1) is 6.61 Å². The number of nitrogens with zero attached hydrogens (tertiary/aromatic N) is 4. The van der Waals surface area contributed by atoms with Crippen molar-refractivity contribution in [2.24, 2.45) is 0 Å². The molecule has 1 aromatic heterocycles. The van der Waals surface area contributed by atoms with Crippen molar-refractivity contribution in [3.05, 3.63) is 11.6 Å². The highest BCUT2D eigenvalue weighted by molar-refractivity contribution is 5.85. The number of hydrogen-bond donors (Lipinski definition) is 0. The van der Waals surface area contributed by atoms with Gasteiger partial charge >= 0.3 is 5.97 Å². The zero-order chi connectivity index (χ0) is 10.7. The van der Waals surface area contributed by atoms with E-state index in [4.69, 9.17) is 4.74 Å². The number of hydrogen-bond acceptors (Lipinski definition) is 5. The third-order valence-corrected chi connectivity index (χ3v) is 1.65. The van der Waals surface area contributed by atoms with Gasteiger partial charge in [-0.05, 0) is 13.8 Å². The van der Waals surface area contributed by atoms with Gasteiger partial charge in [0, 0.05) is 14.1 Å². The molecule has 0 aliphatic heterocycles. The first-order valence-electron chi connectivity index (χ1n) is 4.34. The SMILES string of the molecule is CCOC(=O)c1nnc(C)n1N(C)C. The van der Waals surface area contributed by atoms with E-state index in [1.165, 1.54) is 0 Å². The summed E-state index contributed by atoms with van der Waals surface area (Å²) in [4.78, 5) is 11.4. The van der Waals surface area contributed by atoms with E-state index in [1.807, 2.05) is 0 Å². The minimum atomic E-state index is -0.457. The van der Waals surface area contributed by atoms with Crippen LogP contribution in [0.2, 0.25) is 0 Å². The Morgan fingerprint density at radius 3 is 2.64 bits per heavy atom. The highest BCUT2D eigenvalue weighted by atomic mass is 16.5. The van der Waals surface area contributed by atoms with E-state index in [1.54, 1.807) is 37.6 Å². The highest BCUT2D eigenvalue weighted by Crippen LogP contribution is 2.02. The second kappa shape index (κ2) is 4.08. The van der Waals surface area contributed by atoms with Crippen molar-refractivity contribution in [2.75, 3.05) is 25.7 Å². The first-order valence-corrected chi connectivity index (χ1v) is 4.34. The highest BCUT2D eigenvalue weighted by Gasteiger charge is 2.18. The molecule has 1 rings (SSSR count). The topological polar surface area (TPSA) is 60.2 Å². The average molecular weight is 198 g/mol. The van der Waals surface area contributed by atoms with E-state index in [2.05, 4.69) is 10.2 Å². The number of aryl methyl sites for hydroxylation is 1. The summed E-state index contributed by atoms with van der Waals surface area (Å²) in [5.74, 6) is 0.397. The van der Waals surface area contributed by atoms with Gasteiger partial charge in [-0.1, -0.05) is 0 Å². The normalized spacial score (nSPS) is 10.0. The summed E-state index contributed by atoms with van der Waals surface area (Å²) >= 11 is 0. The summed E-state index contributed by atoms with van der Waals surface area (Å²) in [6, 6.07) is 0. The molecule has 0 aliphatic rings. The zero-order valence-corrected chi connectivity index (χ0v) is 8.81. The van der Waals surface area contributed by atoms with Crippen LogP contribution in [0.5, 0.6) is 0 Å². The lowest BCUT2D eigenvalue weighted by molar-refractivity contribution is 0.0505. The first kappa shape index (κ1) is 10.5. The van der Waals surface area contributed by atoms with Crippen molar-refractivity contribution in [1.29, 1.82) is 0 Å². The molecular formula is C8H14N4O2. The van der Waals surface area contributed by atoms with Crippen molar-refractivity contribution in [1.82, 2.24) is 14.9 Å². The number of carbonyl (C=O) groups excluding carboxylic acids is 1.